The third-order valence-electron chi connectivity index (χ3n) is 4.92. The van der Waals surface area contributed by atoms with E-state index in [0.29, 0.717) is 42.4 Å². The summed E-state index contributed by atoms with van der Waals surface area (Å²) in [5, 5.41) is 6.30. The van der Waals surface area contributed by atoms with Crippen LogP contribution in [0.4, 0.5) is 13.2 Å². The van der Waals surface area contributed by atoms with Crippen LogP contribution in [0.25, 0.3) is 0 Å². The molecule has 0 unspecified atom stereocenters. The summed E-state index contributed by atoms with van der Waals surface area (Å²) in [6.07, 6.45) is 6.56. The average molecular weight is 414 g/mol. The molecule has 1 aliphatic carbocycles. The van der Waals surface area contributed by atoms with Crippen LogP contribution in [-0.4, -0.2) is 69.6 Å². The Kier molecular flexibility index (Phi) is 8.17. The van der Waals surface area contributed by atoms with E-state index in [2.05, 4.69) is 15.6 Å². The second kappa shape index (κ2) is 9.92. The fourth-order valence-corrected chi connectivity index (χ4v) is 4.34. The molecule has 27 heavy (non-hydrogen) atoms. The maximum Gasteiger partial charge on any atom is 0.511 e. The van der Waals surface area contributed by atoms with Crippen LogP contribution in [-0.2, 0) is 14.8 Å². The van der Waals surface area contributed by atoms with E-state index in [1.54, 1.807) is 7.05 Å². The number of alkyl halides is 3. The summed E-state index contributed by atoms with van der Waals surface area (Å²) in [6.45, 7) is 1.04. The second-order valence-electron chi connectivity index (χ2n) is 6.90. The van der Waals surface area contributed by atoms with Crippen LogP contribution in [0.15, 0.2) is 4.99 Å². The number of hydrogen-bond donors (Lipinski definition) is 2. The van der Waals surface area contributed by atoms with Gasteiger partial charge in [-0.05, 0) is 32.1 Å². The van der Waals surface area contributed by atoms with Crippen molar-refractivity contribution in [3.8, 4) is 0 Å². The van der Waals surface area contributed by atoms with Crippen molar-refractivity contribution in [2.45, 2.75) is 62.6 Å². The lowest BCUT2D eigenvalue weighted by Crippen LogP contribution is -2.51. The van der Waals surface area contributed by atoms with E-state index in [-0.39, 0.29) is 19.1 Å². The van der Waals surface area contributed by atoms with Gasteiger partial charge in [-0.1, -0.05) is 12.8 Å². The Labute approximate surface area is 158 Å². The van der Waals surface area contributed by atoms with E-state index >= 15 is 0 Å². The van der Waals surface area contributed by atoms with E-state index in [9.17, 15) is 21.6 Å². The molecular formula is C16H29F3N4O3S. The first-order valence-corrected chi connectivity index (χ1v) is 10.8. The van der Waals surface area contributed by atoms with Crippen LogP contribution >= 0.6 is 0 Å². The van der Waals surface area contributed by atoms with Crippen LogP contribution in [0.2, 0.25) is 0 Å². The lowest BCUT2D eigenvalue weighted by molar-refractivity contribution is -0.0494. The lowest BCUT2D eigenvalue weighted by atomic mass is 10.1. The molecular weight excluding hydrogens is 385 g/mol. The minimum absolute atomic E-state index is 0.120. The summed E-state index contributed by atoms with van der Waals surface area (Å²) in [7, 11) is -3.62. The van der Waals surface area contributed by atoms with Crippen molar-refractivity contribution in [2.24, 2.45) is 4.99 Å². The predicted octanol–water partition coefficient (Wildman–Crippen LogP) is 1.81. The smallest absolute Gasteiger partial charge is 0.378 e. The van der Waals surface area contributed by atoms with E-state index in [4.69, 9.17) is 4.74 Å². The molecule has 0 amide bonds. The second-order valence-corrected chi connectivity index (χ2v) is 8.83. The van der Waals surface area contributed by atoms with Gasteiger partial charge in [-0.2, -0.15) is 17.5 Å². The Balaban J connectivity index is 1.65. The van der Waals surface area contributed by atoms with Crippen molar-refractivity contribution < 1.29 is 26.3 Å². The van der Waals surface area contributed by atoms with Crippen molar-refractivity contribution in [1.82, 2.24) is 14.9 Å². The molecule has 0 aromatic rings. The summed E-state index contributed by atoms with van der Waals surface area (Å²) >= 11 is 0. The number of rotatable bonds is 7. The zero-order valence-corrected chi connectivity index (χ0v) is 16.4. The van der Waals surface area contributed by atoms with Gasteiger partial charge in [0, 0.05) is 39.3 Å². The normalized spacial score (nSPS) is 21.6. The highest BCUT2D eigenvalue weighted by Crippen LogP contribution is 2.28. The van der Waals surface area contributed by atoms with Gasteiger partial charge in [0.15, 0.2) is 5.96 Å². The number of aliphatic imine (C=N–C) groups is 1. The van der Waals surface area contributed by atoms with Crippen molar-refractivity contribution in [3.05, 3.63) is 0 Å². The van der Waals surface area contributed by atoms with E-state index in [1.807, 2.05) is 0 Å². The number of ether oxygens (including phenoxy) is 1. The van der Waals surface area contributed by atoms with Gasteiger partial charge in [0.1, 0.15) is 0 Å². The summed E-state index contributed by atoms with van der Waals surface area (Å²) in [6, 6.07) is -0.120. The van der Waals surface area contributed by atoms with Crippen molar-refractivity contribution in [2.75, 3.05) is 33.3 Å². The standard InChI is InChI=1S/C16H29F3N4O3S/c1-20-15(21-9-4-12-26-14-5-2-3-6-14)22-13-7-10-23(11-8-13)27(24,25)16(17,18)19/h13-14H,2-12H2,1H3,(H2,20,21,22). The summed E-state index contributed by atoms with van der Waals surface area (Å²) in [4.78, 5) is 4.11. The minimum atomic E-state index is -5.24. The van der Waals surface area contributed by atoms with Gasteiger partial charge in [-0.3, -0.25) is 4.99 Å². The number of nitrogens with zero attached hydrogens (tertiary/aromatic N) is 2. The lowest BCUT2D eigenvalue weighted by Gasteiger charge is -2.32. The molecule has 2 aliphatic rings. The molecule has 7 nitrogen and oxygen atoms in total. The molecule has 2 N–H and O–H groups in total. The maximum atomic E-state index is 12.6. The Morgan fingerprint density at radius 1 is 1.19 bits per heavy atom. The average Bonchev–Trinajstić information content (AvgIpc) is 3.13. The van der Waals surface area contributed by atoms with E-state index < -0.39 is 15.5 Å². The Hall–Kier alpha value is -1.07. The topological polar surface area (TPSA) is 83.0 Å². The zero-order chi connectivity index (χ0) is 19.9. The minimum Gasteiger partial charge on any atom is -0.378 e. The van der Waals surface area contributed by atoms with Gasteiger partial charge in [0.25, 0.3) is 0 Å². The highest BCUT2D eigenvalue weighted by molar-refractivity contribution is 7.90. The highest BCUT2D eigenvalue weighted by Gasteiger charge is 2.50. The third-order valence-corrected chi connectivity index (χ3v) is 6.55. The van der Waals surface area contributed by atoms with Crippen LogP contribution in [0, 0.1) is 0 Å². The molecule has 0 aromatic heterocycles. The first-order chi connectivity index (χ1) is 12.7. The van der Waals surface area contributed by atoms with Crippen molar-refractivity contribution >= 4 is 16.0 Å². The first-order valence-electron chi connectivity index (χ1n) is 9.39. The number of piperidine rings is 1. The molecule has 0 radical (unpaired) electrons. The summed E-state index contributed by atoms with van der Waals surface area (Å²) < 4.78 is 66.9. The Morgan fingerprint density at radius 2 is 1.81 bits per heavy atom. The number of sulfonamides is 1. The number of guanidine groups is 1. The molecule has 0 atom stereocenters. The van der Waals surface area contributed by atoms with Crippen LogP contribution in [0.1, 0.15) is 44.9 Å². The fourth-order valence-electron chi connectivity index (χ4n) is 3.36. The summed E-state index contributed by atoms with van der Waals surface area (Å²) in [5.41, 5.74) is -5.24. The van der Waals surface area contributed by atoms with Crippen LogP contribution < -0.4 is 10.6 Å². The van der Waals surface area contributed by atoms with Gasteiger partial charge < -0.3 is 15.4 Å². The molecule has 2 rings (SSSR count). The predicted molar refractivity (Wildman–Crippen MR) is 96.9 cm³/mol. The number of halogens is 3. The molecule has 2 fully saturated rings. The van der Waals surface area contributed by atoms with Gasteiger partial charge in [-0.25, -0.2) is 8.42 Å². The number of hydrogen-bond acceptors (Lipinski definition) is 4. The molecule has 11 heteroatoms. The SMILES string of the molecule is CN=C(NCCCOC1CCCC1)NC1CCN(S(=O)(=O)C(F)(F)F)CC1. The Morgan fingerprint density at radius 3 is 2.37 bits per heavy atom. The van der Waals surface area contributed by atoms with Gasteiger partial charge in [0.05, 0.1) is 6.10 Å². The van der Waals surface area contributed by atoms with Crippen molar-refractivity contribution in [1.29, 1.82) is 0 Å². The van der Waals surface area contributed by atoms with Gasteiger partial charge in [0.2, 0.25) is 0 Å². The maximum absolute atomic E-state index is 12.6. The van der Waals surface area contributed by atoms with Gasteiger partial charge in [-0.15, -0.1) is 0 Å². The molecule has 1 saturated carbocycles. The zero-order valence-electron chi connectivity index (χ0n) is 15.6. The van der Waals surface area contributed by atoms with E-state index in [1.165, 1.54) is 12.8 Å². The molecule has 0 aromatic carbocycles. The fraction of sp³-hybridized carbons (Fsp3) is 0.938. The largest absolute Gasteiger partial charge is 0.511 e. The third kappa shape index (κ3) is 6.49. The number of nitrogens with one attached hydrogen (secondary N) is 2. The molecule has 1 aliphatic heterocycles. The first kappa shape index (κ1) is 22.2. The van der Waals surface area contributed by atoms with E-state index in [0.717, 1.165) is 19.3 Å². The quantitative estimate of drug-likeness (QED) is 0.377. The van der Waals surface area contributed by atoms with Crippen LogP contribution in [0.3, 0.4) is 0 Å². The molecule has 1 heterocycles. The molecule has 1 saturated heterocycles. The monoisotopic (exact) mass is 414 g/mol. The summed E-state index contributed by atoms with van der Waals surface area (Å²) in [5.74, 6) is 0.563. The molecule has 0 spiro atoms. The van der Waals surface area contributed by atoms with Crippen molar-refractivity contribution in [3.63, 3.8) is 0 Å². The molecule has 0 bridgehead atoms. The van der Waals surface area contributed by atoms with Crippen LogP contribution in [0.5, 0.6) is 0 Å². The Bertz CT molecular complexity index is 584. The molecule has 158 valence electrons. The highest BCUT2D eigenvalue weighted by atomic mass is 32.2. The van der Waals surface area contributed by atoms with Gasteiger partial charge >= 0.3 is 15.5 Å².